The van der Waals surface area contributed by atoms with Crippen molar-refractivity contribution in [2.24, 2.45) is 5.10 Å². The van der Waals surface area contributed by atoms with Gasteiger partial charge in [-0.2, -0.15) is 5.10 Å². The van der Waals surface area contributed by atoms with Crippen molar-refractivity contribution in [3.63, 3.8) is 0 Å². The van der Waals surface area contributed by atoms with Crippen LogP contribution in [0.15, 0.2) is 47.6 Å². The van der Waals surface area contributed by atoms with Gasteiger partial charge in [0.1, 0.15) is 11.8 Å². The molecule has 7 nitrogen and oxygen atoms in total. The van der Waals surface area contributed by atoms with Crippen LogP contribution in [-0.2, 0) is 4.79 Å². The predicted molar refractivity (Wildman–Crippen MR) is 101 cm³/mol. The number of carbonyl (C=O) groups excluding carboxylic acids is 1. The Bertz CT molecular complexity index is 760. The maximum Gasteiger partial charge on any atom is 0.262 e. The van der Waals surface area contributed by atoms with Gasteiger partial charge >= 0.3 is 0 Å². The number of phenols is 1. The van der Waals surface area contributed by atoms with Crippen LogP contribution in [0.3, 0.4) is 0 Å². The van der Waals surface area contributed by atoms with Crippen molar-refractivity contribution < 1.29 is 19.4 Å². The molecular formula is C19H23N3O4. The number of amides is 1. The van der Waals surface area contributed by atoms with Crippen LogP contribution in [0, 0.1) is 0 Å². The van der Waals surface area contributed by atoms with E-state index in [4.69, 9.17) is 9.47 Å². The molecule has 0 unspecified atom stereocenters. The Balaban J connectivity index is 1.88. The van der Waals surface area contributed by atoms with Crippen LogP contribution in [-0.4, -0.2) is 37.0 Å². The van der Waals surface area contributed by atoms with Crippen molar-refractivity contribution in [2.45, 2.75) is 19.9 Å². The summed E-state index contributed by atoms with van der Waals surface area (Å²) in [7, 11) is 1.46. The number of hydrogen-bond acceptors (Lipinski definition) is 6. The third-order valence-electron chi connectivity index (χ3n) is 3.53. The molecule has 0 heterocycles. The zero-order valence-corrected chi connectivity index (χ0v) is 15.0. The van der Waals surface area contributed by atoms with E-state index in [0.717, 1.165) is 11.4 Å². The van der Waals surface area contributed by atoms with E-state index in [1.165, 1.54) is 19.4 Å². The largest absolute Gasteiger partial charge is 0.504 e. The van der Waals surface area contributed by atoms with Gasteiger partial charge in [0.25, 0.3) is 5.91 Å². The highest BCUT2D eigenvalue weighted by molar-refractivity contribution is 5.86. The number of phenolic OH excluding ortho intramolecular Hbond substituents is 1. The molecule has 1 atom stereocenters. The predicted octanol–water partition coefficient (Wildman–Crippen LogP) is 2.75. The Labute approximate surface area is 152 Å². The lowest BCUT2D eigenvalue weighted by Gasteiger charge is -2.14. The monoisotopic (exact) mass is 357 g/mol. The fraction of sp³-hybridized carbons (Fsp3) is 0.263. The van der Waals surface area contributed by atoms with Crippen LogP contribution < -0.4 is 20.2 Å². The van der Waals surface area contributed by atoms with Gasteiger partial charge in [-0.25, -0.2) is 5.43 Å². The molecule has 0 saturated heterocycles. The van der Waals surface area contributed by atoms with Crippen molar-refractivity contribution >= 4 is 17.8 Å². The first kappa shape index (κ1) is 19.1. The lowest BCUT2D eigenvalue weighted by molar-refractivity contribution is -0.121. The maximum atomic E-state index is 12.1. The zero-order valence-electron chi connectivity index (χ0n) is 15.0. The topological polar surface area (TPSA) is 92.2 Å². The smallest absolute Gasteiger partial charge is 0.262 e. The molecule has 138 valence electrons. The van der Waals surface area contributed by atoms with Crippen molar-refractivity contribution in [1.82, 2.24) is 5.43 Å². The number of aromatic hydroxyl groups is 1. The van der Waals surface area contributed by atoms with Crippen LogP contribution in [0.25, 0.3) is 0 Å². The Morgan fingerprint density at radius 1 is 1.27 bits per heavy atom. The SMILES string of the molecule is CCOc1ccc(N[C@H](C)C(=O)N/N=C\c2ccc(O)c(OC)c2)cc1. The first-order valence-electron chi connectivity index (χ1n) is 8.22. The standard InChI is InChI=1S/C19H23N3O4/c1-4-26-16-8-6-15(7-9-16)21-13(2)19(24)22-20-12-14-5-10-17(23)18(11-14)25-3/h5-13,21,23H,4H2,1-3H3,(H,22,24)/b20-12-/t13-/m1/s1. The van der Waals surface area contributed by atoms with Gasteiger partial charge in [0.2, 0.25) is 0 Å². The van der Waals surface area contributed by atoms with Crippen LogP contribution in [0.2, 0.25) is 0 Å². The fourth-order valence-electron chi connectivity index (χ4n) is 2.17. The minimum absolute atomic E-state index is 0.0434. The number of carbonyl (C=O) groups is 1. The number of methoxy groups -OCH3 is 1. The average molecular weight is 357 g/mol. The molecular weight excluding hydrogens is 334 g/mol. The average Bonchev–Trinajstić information content (AvgIpc) is 2.64. The van der Waals surface area contributed by atoms with E-state index in [2.05, 4.69) is 15.8 Å². The van der Waals surface area contributed by atoms with E-state index in [0.29, 0.717) is 17.9 Å². The molecule has 7 heteroatoms. The van der Waals surface area contributed by atoms with Gasteiger partial charge in [-0.05, 0) is 61.9 Å². The van der Waals surface area contributed by atoms with E-state index >= 15 is 0 Å². The van der Waals surface area contributed by atoms with Gasteiger partial charge in [-0.15, -0.1) is 0 Å². The molecule has 0 bridgehead atoms. The van der Waals surface area contributed by atoms with E-state index < -0.39 is 6.04 Å². The normalized spacial score (nSPS) is 11.8. The number of nitrogens with one attached hydrogen (secondary N) is 2. The van der Waals surface area contributed by atoms with Crippen LogP contribution in [0.5, 0.6) is 17.2 Å². The summed E-state index contributed by atoms with van der Waals surface area (Å²) in [6, 6.07) is 11.7. The highest BCUT2D eigenvalue weighted by Gasteiger charge is 2.11. The number of hydrogen-bond donors (Lipinski definition) is 3. The molecule has 0 fully saturated rings. The molecule has 0 aliphatic carbocycles. The van der Waals surface area contributed by atoms with Gasteiger partial charge in [0, 0.05) is 5.69 Å². The van der Waals surface area contributed by atoms with E-state index in [9.17, 15) is 9.90 Å². The lowest BCUT2D eigenvalue weighted by atomic mass is 10.2. The van der Waals surface area contributed by atoms with E-state index in [-0.39, 0.29) is 11.7 Å². The summed E-state index contributed by atoms with van der Waals surface area (Å²) in [6.45, 7) is 4.27. The van der Waals surface area contributed by atoms with Crippen molar-refractivity contribution in [3.8, 4) is 17.2 Å². The summed E-state index contributed by atoms with van der Waals surface area (Å²) in [5.41, 5.74) is 3.97. The van der Waals surface area contributed by atoms with Crippen molar-refractivity contribution in [3.05, 3.63) is 48.0 Å². The van der Waals surface area contributed by atoms with Crippen molar-refractivity contribution in [1.29, 1.82) is 0 Å². The summed E-state index contributed by atoms with van der Waals surface area (Å²) in [5, 5.41) is 16.6. The van der Waals surface area contributed by atoms with Crippen LogP contribution in [0.4, 0.5) is 5.69 Å². The molecule has 0 saturated carbocycles. The zero-order chi connectivity index (χ0) is 18.9. The van der Waals surface area contributed by atoms with Gasteiger partial charge in [0.15, 0.2) is 11.5 Å². The second-order valence-electron chi connectivity index (χ2n) is 5.49. The van der Waals surface area contributed by atoms with E-state index in [1.807, 2.05) is 31.2 Å². The minimum atomic E-state index is -0.473. The number of anilines is 1. The number of hydrazone groups is 1. The second kappa shape index (κ2) is 9.31. The Kier molecular flexibility index (Phi) is 6.84. The number of ether oxygens (including phenoxy) is 2. The molecule has 2 rings (SSSR count). The summed E-state index contributed by atoms with van der Waals surface area (Å²) in [4.78, 5) is 12.1. The Morgan fingerprint density at radius 2 is 2.00 bits per heavy atom. The lowest BCUT2D eigenvalue weighted by Crippen LogP contribution is -2.34. The first-order chi connectivity index (χ1) is 12.5. The molecule has 1 amide bonds. The Morgan fingerprint density at radius 3 is 2.65 bits per heavy atom. The molecule has 2 aromatic carbocycles. The molecule has 0 spiro atoms. The van der Waals surface area contributed by atoms with Crippen LogP contribution in [0.1, 0.15) is 19.4 Å². The Hall–Kier alpha value is -3.22. The quantitative estimate of drug-likeness (QED) is 0.499. The maximum absolute atomic E-state index is 12.1. The molecule has 3 N–H and O–H groups in total. The summed E-state index contributed by atoms with van der Waals surface area (Å²) < 4.78 is 10.4. The first-order valence-corrected chi connectivity index (χ1v) is 8.22. The minimum Gasteiger partial charge on any atom is -0.504 e. The third kappa shape index (κ3) is 5.41. The van der Waals surface area contributed by atoms with Crippen molar-refractivity contribution in [2.75, 3.05) is 19.0 Å². The molecule has 26 heavy (non-hydrogen) atoms. The van der Waals surface area contributed by atoms with Gasteiger partial charge < -0.3 is 19.9 Å². The second-order valence-corrected chi connectivity index (χ2v) is 5.49. The van der Waals surface area contributed by atoms with Gasteiger partial charge in [-0.1, -0.05) is 0 Å². The number of nitrogens with zero attached hydrogens (tertiary/aromatic N) is 1. The van der Waals surface area contributed by atoms with Gasteiger partial charge in [0.05, 0.1) is 19.9 Å². The fourth-order valence-corrected chi connectivity index (χ4v) is 2.17. The molecule has 0 aliphatic heterocycles. The molecule has 0 aromatic heterocycles. The summed E-state index contributed by atoms with van der Waals surface area (Å²) >= 11 is 0. The number of rotatable bonds is 8. The third-order valence-corrected chi connectivity index (χ3v) is 3.53. The summed E-state index contributed by atoms with van der Waals surface area (Å²) in [6.07, 6.45) is 1.48. The highest BCUT2D eigenvalue weighted by atomic mass is 16.5. The number of benzene rings is 2. The molecule has 0 radical (unpaired) electrons. The van der Waals surface area contributed by atoms with E-state index in [1.54, 1.807) is 19.1 Å². The van der Waals surface area contributed by atoms with Gasteiger partial charge in [-0.3, -0.25) is 4.79 Å². The highest BCUT2D eigenvalue weighted by Crippen LogP contribution is 2.25. The van der Waals surface area contributed by atoms with Crippen LogP contribution >= 0.6 is 0 Å². The molecule has 0 aliphatic rings. The summed E-state index contributed by atoms with van der Waals surface area (Å²) in [5.74, 6) is 0.887. The molecule has 2 aromatic rings.